The summed E-state index contributed by atoms with van der Waals surface area (Å²) in [5.41, 5.74) is 5.81. The molecule has 1 amide bonds. The zero-order chi connectivity index (χ0) is 27.5. The Morgan fingerprint density at radius 3 is 2.08 bits per heavy atom. The van der Waals surface area contributed by atoms with Gasteiger partial charge in [0.15, 0.2) is 6.04 Å². The molecule has 0 saturated heterocycles. The van der Waals surface area contributed by atoms with E-state index in [0.29, 0.717) is 5.75 Å². The SMILES string of the molecule is COC(=O)[C@H](Cc1ccccc1)N(N[C@@H](Cc1ccc(OC)cc1C)C(=O)O)C(=O)OCc1ccccc1. The summed E-state index contributed by atoms with van der Waals surface area (Å²) in [6, 6.07) is 21.0. The summed E-state index contributed by atoms with van der Waals surface area (Å²) in [4.78, 5) is 38.6. The topological polar surface area (TPSA) is 114 Å². The molecule has 0 aliphatic carbocycles. The Balaban J connectivity index is 1.91. The smallest absolute Gasteiger partial charge is 0.425 e. The van der Waals surface area contributed by atoms with Crippen LogP contribution in [0.3, 0.4) is 0 Å². The quantitative estimate of drug-likeness (QED) is 0.273. The van der Waals surface area contributed by atoms with Crippen molar-refractivity contribution in [3.05, 3.63) is 101 Å². The van der Waals surface area contributed by atoms with E-state index >= 15 is 0 Å². The van der Waals surface area contributed by atoms with Crippen LogP contribution in [-0.4, -0.2) is 54.5 Å². The van der Waals surface area contributed by atoms with Crippen molar-refractivity contribution < 1.29 is 33.7 Å². The third-order valence-electron chi connectivity index (χ3n) is 6.03. The van der Waals surface area contributed by atoms with Crippen LogP contribution in [-0.2, 0) is 38.5 Å². The van der Waals surface area contributed by atoms with Crippen molar-refractivity contribution in [3.63, 3.8) is 0 Å². The van der Waals surface area contributed by atoms with Gasteiger partial charge >= 0.3 is 18.0 Å². The van der Waals surface area contributed by atoms with Gasteiger partial charge in [0.25, 0.3) is 0 Å². The maximum absolute atomic E-state index is 13.4. The van der Waals surface area contributed by atoms with Crippen LogP contribution < -0.4 is 10.2 Å². The number of benzene rings is 3. The van der Waals surface area contributed by atoms with E-state index in [1.54, 1.807) is 49.6 Å². The van der Waals surface area contributed by atoms with Crippen molar-refractivity contribution >= 4 is 18.0 Å². The lowest BCUT2D eigenvalue weighted by Gasteiger charge is -2.32. The van der Waals surface area contributed by atoms with E-state index in [2.05, 4.69) is 5.43 Å². The molecular weight excluding hydrogens is 488 g/mol. The van der Waals surface area contributed by atoms with Crippen molar-refractivity contribution in [2.45, 2.75) is 38.5 Å². The van der Waals surface area contributed by atoms with Gasteiger partial charge in [0.2, 0.25) is 0 Å². The Bertz CT molecular complexity index is 1220. The zero-order valence-electron chi connectivity index (χ0n) is 21.6. The Labute approximate surface area is 221 Å². The number of hydrogen-bond acceptors (Lipinski definition) is 7. The van der Waals surface area contributed by atoms with E-state index in [0.717, 1.165) is 27.3 Å². The van der Waals surface area contributed by atoms with Crippen LogP contribution in [0.5, 0.6) is 5.75 Å². The van der Waals surface area contributed by atoms with E-state index < -0.39 is 30.1 Å². The number of aryl methyl sites for hydroxylation is 1. The number of aliphatic carboxylic acids is 1. The standard InChI is InChI=1S/C29H32N2O7/c1-20-16-24(36-2)15-14-23(20)18-25(27(32)33)30-31(29(35)38-19-22-12-8-5-9-13-22)26(28(34)37-3)17-21-10-6-4-7-11-21/h4-16,25-26,30H,17-19H2,1-3H3,(H,32,33)/t25-,26-/m0/s1. The fourth-order valence-corrected chi connectivity index (χ4v) is 3.91. The summed E-state index contributed by atoms with van der Waals surface area (Å²) < 4.78 is 15.7. The van der Waals surface area contributed by atoms with Crippen LogP contribution in [0.25, 0.3) is 0 Å². The number of hydrogen-bond donors (Lipinski definition) is 2. The van der Waals surface area contributed by atoms with Gasteiger partial charge in [0.1, 0.15) is 18.4 Å². The second-order valence-electron chi connectivity index (χ2n) is 8.66. The summed E-state index contributed by atoms with van der Waals surface area (Å²) in [6.45, 7) is 1.78. The van der Waals surface area contributed by atoms with Gasteiger partial charge in [0, 0.05) is 12.8 Å². The van der Waals surface area contributed by atoms with Gasteiger partial charge in [0.05, 0.1) is 14.2 Å². The molecule has 9 nitrogen and oxygen atoms in total. The number of rotatable bonds is 12. The van der Waals surface area contributed by atoms with Gasteiger partial charge in [-0.15, -0.1) is 0 Å². The molecule has 0 bridgehead atoms. The summed E-state index contributed by atoms with van der Waals surface area (Å²) in [7, 11) is 2.76. The van der Waals surface area contributed by atoms with E-state index in [1.807, 2.05) is 43.3 Å². The summed E-state index contributed by atoms with van der Waals surface area (Å²) in [5.74, 6) is -1.28. The largest absolute Gasteiger partial charge is 0.497 e. The number of methoxy groups -OCH3 is 2. The minimum Gasteiger partial charge on any atom is -0.497 e. The lowest BCUT2D eigenvalue weighted by molar-refractivity contribution is -0.150. The van der Waals surface area contributed by atoms with Crippen LogP contribution in [0.15, 0.2) is 78.9 Å². The molecule has 0 aromatic heterocycles. The van der Waals surface area contributed by atoms with Crippen molar-refractivity contribution in [2.75, 3.05) is 14.2 Å². The molecule has 0 aliphatic rings. The highest BCUT2D eigenvalue weighted by Crippen LogP contribution is 2.19. The first-order chi connectivity index (χ1) is 18.3. The minimum absolute atomic E-state index is 0.0346. The number of carbonyl (C=O) groups is 3. The first-order valence-electron chi connectivity index (χ1n) is 12.1. The number of carboxylic acids is 1. The van der Waals surface area contributed by atoms with Crippen molar-refractivity contribution in [2.24, 2.45) is 0 Å². The third-order valence-corrected chi connectivity index (χ3v) is 6.03. The number of ether oxygens (including phenoxy) is 3. The first kappa shape index (κ1) is 28.2. The van der Waals surface area contributed by atoms with Crippen molar-refractivity contribution in [3.8, 4) is 5.75 Å². The summed E-state index contributed by atoms with van der Waals surface area (Å²) in [5, 5.41) is 11.0. The highest BCUT2D eigenvalue weighted by molar-refractivity contribution is 5.82. The van der Waals surface area contributed by atoms with Gasteiger partial charge in [-0.05, 0) is 41.3 Å². The molecule has 9 heteroatoms. The van der Waals surface area contributed by atoms with Crippen LogP contribution >= 0.6 is 0 Å². The predicted molar refractivity (Wildman–Crippen MR) is 140 cm³/mol. The van der Waals surface area contributed by atoms with Crippen LogP contribution in [0.2, 0.25) is 0 Å². The molecular formula is C29H32N2O7. The molecule has 0 fully saturated rings. The molecule has 0 heterocycles. The molecule has 2 atom stereocenters. The molecule has 200 valence electrons. The molecule has 3 aromatic rings. The Hall–Kier alpha value is -4.37. The number of nitrogens with one attached hydrogen (secondary N) is 1. The van der Waals surface area contributed by atoms with Gasteiger partial charge in [-0.1, -0.05) is 66.7 Å². The fourth-order valence-electron chi connectivity index (χ4n) is 3.91. The van der Waals surface area contributed by atoms with Crippen LogP contribution in [0, 0.1) is 6.92 Å². The molecule has 2 N–H and O–H groups in total. The Morgan fingerprint density at radius 2 is 1.53 bits per heavy atom. The maximum atomic E-state index is 13.4. The van der Waals surface area contributed by atoms with E-state index in [1.165, 1.54) is 7.11 Å². The molecule has 0 aliphatic heterocycles. The molecule has 0 spiro atoms. The number of nitrogens with zero attached hydrogens (tertiary/aromatic N) is 1. The Morgan fingerprint density at radius 1 is 0.895 bits per heavy atom. The molecule has 38 heavy (non-hydrogen) atoms. The van der Waals surface area contributed by atoms with E-state index in [9.17, 15) is 19.5 Å². The molecule has 3 rings (SSSR count). The number of esters is 1. The van der Waals surface area contributed by atoms with Gasteiger partial charge in [-0.2, -0.15) is 0 Å². The third kappa shape index (κ3) is 7.81. The molecule has 3 aromatic carbocycles. The fraction of sp³-hybridized carbons (Fsp3) is 0.276. The monoisotopic (exact) mass is 520 g/mol. The highest BCUT2D eigenvalue weighted by Gasteiger charge is 2.36. The second kappa shape index (κ2) is 13.8. The Kier molecular flexibility index (Phi) is 10.2. The number of amides is 1. The number of carbonyl (C=O) groups excluding carboxylic acids is 2. The number of hydrazine groups is 1. The lowest BCUT2D eigenvalue weighted by Crippen LogP contribution is -2.59. The van der Waals surface area contributed by atoms with Gasteiger partial charge < -0.3 is 19.3 Å². The molecule has 0 radical (unpaired) electrons. The summed E-state index contributed by atoms with van der Waals surface area (Å²) >= 11 is 0. The maximum Gasteiger partial charge on any atom is 0.425 e. The molecule has 0 saturated carbocycles. The molecule has 0 unspecified atom stereocenters. The van der Waals surface area contributed by atoms with Crippen LogP contribution in [0.4, 0.5) is 4.79 Å². The first-order valence-corrected chi connectivity index (χ1v) is 12.1. The van der Waals surface area contributed by atoms with Crippen LogP contribution in [0.1, 0.15) is 22.3 Å². The van der Waals surface area contributed by atoms with Gasteiger partial charge in [-0.25, -0.2) is 20.0 Å². The second-order valence-corrected chi connectivity index (χ2v) is 8.66. The predicted octanol–water partition coefficient (Wildman–Crippen LogP) is 3.93. The van der Waals surface area contributed by atoms with Gasteiger partial charge in [-0.3, -0.25) is 4.79 Å². The van der Waals surface area contributed by atoms with E-state index in [4.69, 9.17) is 14.2 Å². The normalized spacial score (nSPS) is 12.2. The lowest BCUT2D eigenvalue weighted by atomic mass is 10.0. The number of carboxylic acid groups (broad SMARTS) is 1. The van der Waals surface area contributed by atoms with Crippen molar-refractivity contribution in [1.82, 2.24) is 10.4 Å². The average Bonchev–Trinajstić information content (AvgIpc) is 2.94. The highest BCUT2D eigenvalue weighted by atomic mass is 16.6. The zero-order valence-corrected chi connectivity index (χ0v) is 21.6. The van der Waals surface area contributed by atoms with E-state index in [-0.39, 0.29) is 19.4 Å². The summed E-state index contributed by atoms with van der Waals surface area (Å²) in [6.07, 6.45) is -0.792. The minimum atomic E-state index is -1.26. The average molecular weight is 521 g/mol. The van der Waals surface area contributed by atoms with Crippen molar-refractivity contribution in [1.29, 1.82) is 0 Å².